The van der Waals surface area contributed by atoms with E-state index in [1.54, 1.807) is 6.92 Å². The number of aliphatic carboxylic acids is 1. The van der Waals surface area contributed by atoms with Gasteiger partial charge in [0, 0.05) is 0 Å². The number of carboxylic acid groups (broad SMARTS) is 1. The summed E-state index contributed by atoms with van der Waals surface area (Å²) in [5.41, 5.74) is 0. The Morgan fingerprint density at radius 3 is 2.60 bits per heavy atom. The minimum atomic E-state index is -0.737. The van der Waals surface area contributed by atoms with Gasteiger partial charge in [-0.3, -0.25) is 9.69 Å². The third-order valence-corrected chi connectivity index (χ3v) is 3.20. The summed E-state index contributed by atoms with van der Waals surface area (Å²) in [4.78, 5) is 15.1. The standard InChI is InChI=1S/C11H22N2O2/c1-10(11(14)15)12(2)6-5-9-13-7-3-4-8-13/h10H,3-9H2,1-2H3,(H,14,15). The summed E-state index contributed by atoms with van der Waals surface area (Å²) in [7, 11) is 1.88. The van der Waals surface area contributed by atoms with Crippen LogP contribution in [0.25, 0.3) is 0 Å². The largest absolute Gasteiger partial charge is 0.480 e. The molecule has 1 saturated heterocycles. The topological polar surface area (TPSA) is 43.8 Å². The number of hydrogen-bond donors (Lipinski definition) is 1. The molecule has 0 bridgehead atoms. The molecule has 0 aromatic carbocycles. The van der Waals surface area contributed by atoms with E-state index in [1.807, 2.05) is 11.9 Å². The molecular formula is C11H22N2O2. The maximum Gasteiger partial charge on any atom is 0.320 e. The first-order chi connectivity index (χ1) is 7.11. The van der Waals surface area contributed by atoms with Crippen LogP contribution in [-0.4, -0.2) is 60.1 Å². The van der Waals surface area contributed by atoms with Crippen molar-refractivity contribution in [3.8, 4) is 0 Å². The van der Waals surface area contributed by atoms with E-state index in [0.29, 0.717) is 0 Å². The maximum absolute atomic E-state index is 10.7. The van der Waals surface area contributed by atoms with Crippen LogP contribution in [0, 0.1) is 0 Å². The zero-order valence-corrected chi connectivity index (χ0v) is 9.78. The second kappa shape index (κ2) is 6.08. The van der Waals surface area contributed by atoms with Crippen molar-refractivity contribution in [1.82, 2.24) is 9.80 Å². The predicted octanol–water partition coefficient (Wildman–Crippen LogP) is 0.877. The number of nitrogens with zero attached hydrogens (tertiary/aromatic N) is 2. The molecule has 0 spiro atoms. The highest BCUT2D eigenvalue weighted by atomic mass is 16.4. The van der Waals surface area contributed by atoms with Gasteiger partial charge in [0.05, 0.1) is 0 Å². The van der Waals surface area contributed by atoms with Gasteiger partial charge in [-0.2, -0.15) is 0 Å². The number of likely N-dealkylation sites (N-methyl/N-ethyl adjacent to an activating group) is 1. The van der Waals surface area contributed by atoms with E-state index in [4.69, 9.17) is 5.11 Å². The molecule has 1 aliphatic rings. The number of likely N-dealkylation sites (tertiary alicyclic amines) is 1. The van der Waals surface area contributed by atoms with Gasteiger partial charge < -0.3 is 10.0 Å². The SMILES string of the molecule is CC(C(=O)O)N(C)CCCN1CCCC1. The number of rotatable bonds is 6. The maximum atomic E-state index is 10.7. The molecule has 1 aliphatic heterocycles. The third kappa shape index (κ3) is 4.18. The Morgan fingerprint density at radius 1 is 1.47 bits per heavy atom. The Balaban J connectivity index is 2.10. The van der Waals surface area contributed by atoms with Crippen LogP contribution in [0.4, 0.5) is 0 Å². The van der Waals surface area contributed by atoms with Gasteiger partial charge in [-0.1, -0.05) is 0 Å². The minimum Gasteiger partial charge on any atom is -0.480 e. The van der Waals surface area contributed by atoms with Gasteiger partial charge in [0.2, 0.25) is 0 Å². The molecule has 88 valence electrons. The molecule has 0 aromatic rings. The summed E-state index contributed by atoms with van der Waals surface area (Å²) in [5.74, 6) is -0.737. The Bertz CT molecular complexity index is 203. The summed E-state index contributed by atoms with van der Waals surface area (Å²) in [6.45, 7) is 6.15. The molecule has 1 fully saturated rings. The second-order valence-electron chi connectivity index (χ2n) is 4.40. The van der Waals surface area contributed by atoms with Crippen molar-refractivity contribution in [3.63, 3.8) is 0 Å². The van der Waals surface area contributed by atoms with Crippen LogP contribution < -0.4 is 0 Å². The number of carbonyl (C=O) groups is 1. The number of hydrogen-bond acceptors (Lipinski definition) is 3. The van der Waals surface area contributed by atoms with E-state index in [1.165, 1.54) is 25.9 Å². The summed E-state index contributed by atoms with van der Waals surface area (Å²) in [6, 6.07) is -0.372. The van der Waals surface area contributed by atoms with E-state index in [-0.39, 0.29) is 6.04 Å². The molecule has 4 heteroatoms. The van der Waals surface area contributed by atoms with Crippen LogP contribution in [0.2, 0.25) is 0 Å². The van der Waals surface area contributed by atoms with E-state index < -0.39 is 5.97 Å². The summed E-state index contributed by atoms with van der Waals surface area (Å²) in [6.07, 6.45) is 3.71. The van der Waals surface area contributed by atoms with E-state index >= 15 is 0 Å². The van der Waals surface area contributed by atoms with Crippen LogP contribution in [-0.2, 0) is 4.79 Å². The predicted molar refractivity (Wildman–Crippen MR) is 60.0 cm³/mol. The lowest BCUT2D eigenvalue weighted by Crippen LogP contribution is -2.37. The number of carboxylic acids is 1. The quantitative estimate of drug-likeness (QED) is 0.713. The Morgan fingerprint density at radius 2 is 2.07 bits per heavy atom. The van der Waals surface area contributed by atoms with Gasteiger partial charge >= 0.3 is 5.97 Å². The fourth-order valence-corrected chi connectivity index (χ4v) is 1.93. The Hall–Kier alpha value is -0.610. The van der Waals surface area contributed by atoms with Crippen molar-refractivity contribution >= 4 is 5.97 Å². The van der Waals surface area contributed by atoms with Crippen molar-refractivity contribution < 1.29 is 9.90 Å². The fourth-order valence-electron chi connectivity index (χ4n) is 1.93. The van der Waals surface area contributed by atoms with Crippen molar-refractivity contribution in [2.24, 2.45) is 0 Å². The second-order valence-corrected chi connectivity index (χ2v) is 4.40. The van der Waals surface area contributed by atoms with Gasteiger partial charge in [0.15, 0.2) is 0 Å². The molecular weight excluding hydrogens is 192 g/mol. The van der Waals surface area contributed by atoms with Gasteiger partial charge in [-0.15, -0.1) is 0 Å². The summed E-state index contributed by atoms with van der Waals surface area (Å²) >= 11 is 0. The van der Waals surface area contributed by atoms with E-state index in [9.17, 15) is 4.79 Å². The molecule has 1 heterocycles. The zero-order valence-electron chi connectivity index (χ0n) is 9.78. The highest BCUT2D eigenvalue weighted by Gasteiger charge is 2.17. The summed E-state index contributed by atoms with van der Waals surface area (Å²) in [5, 5.41) is 8.81. The Labute approximate surface area is 91.9 Å². The highest BCUT2D eigenvalue weighted by molar-refractivity contribution is 5.72. The average Bonchev–Trinajstić information content (AvgIpc) is 2.69. The smallest absolute Gasteiger partial charge is 0.320 e. The van der Waals surface area contributed by atoms with Crippen LogP contribution in [0.5, 0.6) is 0 Å². The molecule has 0 saturated carbocycles. The molecule has 0 amide bonds. The molecule has 0 radical (unpaired) electrons. The van der Waals surface area contributed by atoms with Crippen molar-refractivity contribution in [1.29, 1.82) is 0 Å². The molecule has 0 aromatic heterocycles. The molecule has 0 aliphatic carbocycles. The monoisotopic (exact) mass is 214 g/mol. The van der Waals surface area contributed by atoms with Crippen LogP contribution >= 0.6 is 0 Å². The van der Waals surface area contributed by atoms with E-state index in [0.717, 1.165) is 19.5 Å². The van der Waals surface area contributed by atoms with Gasteiger partial charge in [-0.25, -0.2) is 0 Å². The molecule has 1 rings (SSSR count). The van der Waals surface area contributed by atoms with Crippen LogP contribution in [0.1, 0.15) is 26.2 Å². The summed E-state index contributed by atoms with van der Waals surface area (Å²) < 4.78 is 0. The third-order valence-electron chi connectivity index (χ3n) is 3.20. The molecule has 1 N–H and O–H groups in total. The van der Waals surface area contributed by atoms with E-state index in [2.05, 4.69) is 4.90 Å². The lowest BCUT2D eigenvalue weighted by molar-refractivity contribution is -0.142. The van der Waals surface area contributed by atoms with Gasteiger partial charge in [0.25, 0.3) is 0 Å². The van der Waals surface area contributed by atoms with Gasteiger partial charge in [0.1, 0.15) is 6.04 Å². The first-order valence-corrected chi connectivity index (χ1v) is 5.76. The average molecular weight is 214 g/mol. The molecule has 1 unspecified atom stereocenters. The Kier molecular flexibility index (Phi) is 5.05. The minimum absolute atomic E-state index is 0.372. The van der Waals surface area contributed by atoms with Crippen LogP contribution in [0.3, 0.4) is 0 Å². The normalized spacial score (nSPS) is 19.7. The first-order valence-electron chi connectivity index (χ1n) is 5.76. The molecule has 15 heavy (non-hydrogen) atoms. The highest BCUT2D eigenvalue weighted by Crippen LogP contribution is 2.08. The van der Waals surface area contributed by atoms with Crippen molar-refractivity contribution in [3.05, 3.63) is 0 Å². The first kappa shape index (κ1) is 12.5. The lowest BCUT2D eigenvalue weighted by Gasteiger charge is -2.22. The zero-order chi connectivity index (χ0) is 11.3. The van der Waals surface area contributed by atoms with Crippen molar-refractivity contribution in [2.45, 2.75) is 32.2 Å². The fraction of sp³-hybridized carbons (Fsp3) is 0.909. The van der Waals surface area contributed by atoms with Gasteiger partial charge in [-0.05, 0) is 59.4 Å². The lowest BCUT2D eigenvalue weighted by atomic mass is 10.3. The molecule has 4 nitrogen and oxygen atoms in total. The van der Waals surface area contributed by atoms with Crippen LogP contribution in [0.15, 0.2) is 0 Å². The molecule has 1 atom stereocenters. The van der Waals surface area contributed by atoms with Crippen molar-refractivity contribution in [2.75, 3.05) is 33.2 Å².